The molecule has 2 heterocycles. The van der Waals surface area contributed by atoms with Crippen LogP contribution in [-0.4, -0.2) is 20.4 Å². The number of hydrogen-bond acceptors (Lipinski definition) is 2. The van der Waals surface area contributed by atoms with E-state index in [0.717, 1.165) is 38.9 Å². The molecule has 126 valence electrons. The fourth-order valence-corrected chi connectivity index (χ4v) is 3.19. The zero-order valence-electron chi connectivity index (χ0n) is 14.3. The van der Waals surface area contributed by atoms with Gasteiger partial charge in [-0.15, -0.1) is 0 Å². The second-order valence-corrected chi connectivity index (χ2v) is 6.35. The Kier molecular flexibility index (Phi) is 3.76. The van der Waals surface area contributed by atoms with Crippen molar-refractivity contribution in [2.75, 3.05) is 0 Å². The normalized spacial score (nSPS) is 11.3. The largest absolute Gasteiger partial charge is 0.361 e. The number of fused-ring (bicyclic) bond motifs is 2. The SMILES string of the molecule is Cc1nc2cc(CNC(=O)Cc3c[nH]c4ccccc34)ccc2n1C. The van der Waals surface area contributed by atoms with E-state index in [1.54, 1.807) is 0 Å². The Labute approximate surface area is 145 Å². The average Bonchev–Trinajstić information content (AvgIpc) is 3.14. The second kappa shape index (κ2) is 6.09. The Bertz CT molecular complexity index is 1070. The quantitative estimate of drug-likeness (QED) is 0.603. The maximum absolute atomic E-state index is 12.3. The molecule has 25 heavy (non-hydrogen) atoms. The van der Waals surface area contributed by atoms with Gasteiger partial charge in [0, 0.05) is 30.7 Å². The smallest absolute Gasteiger partial charge is 0.224 e. The van der Waals surface area contributed by atoms with E-state index in [4.69, 9.17) is 0 Å². The minimum atomic E-state index is 0.0158. The van der Waals surface area contributed by atoms with Crippen molar-refractivity contribution in [3.05, 3.63) is 65.6 Å². The van der Waals surface area contributed by atoms with Gasteiger partial charge in [-0.25, -0.2) is 4.98 Å². The molecule has 5 nitrogen and oxygen atoms in total. The summed E-state index contributed by atoms with van der Waals surface area (Å²) in [5.74, 6) is 0.998. The Hall–Kier alpha value is -3.08. The van der Waals surface area contributed by atoms with Crippen molar-refractivity contribution in [3.63, 3.8) is 0 Å². The molecule has 2 aromatic heterocycles. The van der Waals surface area contributed by atoms with Gasteiger partial charge in [0.1, 0.15) is 5.82 Å². The van der Waals surface area contributed by atoms with E-state index in [-0.39, 0.29) is 5.91 Å². The van der Waals surface area contributed by atoms with Crippen molar-refractivity contribution in [1.82, 2.24) is 19.9 Å². The molecule has 0 aliphatic carbocycles. The highest BCUT2D eigenvalue weighted by Crippen LogP contribution is 2.18. The Morgan fingerprint density at radius 3 is 2.96 bits per heavy atom. The number of aryl methyl sites for hydroxylation is 2. The molecule has 0 unspecified atom stereocenters. The lowest BCUT2D eigenvalue weighted by Crippen LogP contribution is -2.24. The Morgan fingerprint density at radius 2 is 2.08 bits per heavy atom. The Balaban J connectivity index is 1.45. The van der Waals surface area contributed by atoms with Crippen LogP contribution in [0.15, 0.2) is 48.7 Å². The van der Waals surface area contributed by atoms with E-state index >= 15 is 0 Å². The molecular formula is C20H20N4O. The van der Waals surface area contributed by atoms with Crippen LogP contribution in [0.3, 0.4) is 0 Å². The van der Waals surface area contributed by atoms with E-state index < -0.39 is 0 Å². The number of hydrogen-bond donors (Lipinski definition) is 2. The summed E-state index contributed by atoms with van der Waals surface area (Å²) in [5, 5.41) is 4.10. The van der Waals surface area contributed by atoms with Gasteiger partial charge in [-0.2, -0.15) is 0 Å². The monoisotopic (exact) mass is 332 g/mol. The number of aromatic nitrogens is 3. The zero-order chi connectivity index (χ0) is 17.4. The number of nitrogens with one attached hydrogen (secondary N) is 2. The molecule has 0 aliphatic rings. The van der Waals surface area contributed by atoms with Crippen LogP contribution in [-0.2, 0) is 24.8 Å². The van der Waals surface area contributed by atoms with Crippen LogP contribution in [0.25, 0.3) is 21.9 Å². The van der Waals surface area contributed by atoms with Crippen LogP contribution in [0, 0.1) is 6.92 Å². The number of para-hydroxylation sites is 1. The lowest BCUT2D eigenvalue weighted by atomic mass is 10.1. The number of amides is 1. The van der Waals surface area contributed by atoms with Gasteiger partial charge in [-0.3, -0.25) is 4.79 Å². The molecule has 0 atom stereocenters. The fourth-order valence-electron chi connectivity index (χ4n) is 3.19. The number of nitrogens with zero attached hydrogens (tertiary/aromatic N) is 2. The van der Waals surface area contributed by atoms with Gasteiger partial charge in [0.05, 0.1) is 17.5 Å². The van der Waals surface area contributed by atoms with Crippen molar-refractivity contribution >= 4 is 27.8 Å². The highest BCUT2D eigenvalue weighted by atomic mass is 16.1. The van der Waals surface area contributed by atoms with Crippen molar-refractivity contribution < 1.29 is 4.79 Å². The number of H-pyrrole nitrogens is 1. The first kappa shape index (κ1) is 15.4. The third kappa shape index (κ3) is 2.89. The van der Waals surface area contributed by atoms with Crippen LogP contribution in [0.1, 0.15) is 17.0 Å². The van der Waals surface area contributed by atoms with Gasteiger partial charge >= 0.3 is 0 Å². The third-order valence-electron chi connectivity index (χ3n) is 4.68. The summed E-state index contributed by atoms with van der Waals surface area (Å²) >= 11 is 0. The molecule has 4 aromatic rings. The highest BCUT2D eigenvalue weighted by molar-refractivity contribution is 5.88. The van der Waals surface area contributed by atoms with Crippen LogP contribution < -0.4 is 5.32 Å². The first-order valence-electron chi connectivity index (χ1n) is 8.35. The number of aromatic amines is 1. The van der Waals surface area contributed by atoms with Crippen LogP contribution in [0.5, 0.6) is 0 Å². The summed E-state index contributed by atoms with van der Waals surface area (Å²) in [4.78, 5) is 20.1. The lowest BCUT2D eigenvalue weighted by Gasteiger charge is -2.05. The van der Waals surface area contributed by atoms with E-state index in [1.165, 1.54) is 0 Å². The molecular weight excluding hydrogens is 312 g/mol. The standard InChI is InChI=1S/C20H20N4O/c1-13-23-18-9-14(7-8-19(18)24(13)2)11-22-20(25)10-15-12-21-17-6-4-3-5-16(15)17/h3-9,12,21H,10-11H2,1-2H3,(H,22,25). The van der Waals surface area contributed by atoms with E-state index in [2.05, 4.69) is 25.9 Å². The number of carbonyl (C=O) groups is 1. The minimum Gasteiger partial charge on any atom is -0.361 e. The predicted octanol–water partition coefficient (Wildman–Crippen LogP) is 3.22. The average molecular weight is 332 g/mol. The molecule has 0 spiro atoms. The molecule has 0 radical (unpaired) electrons. The molecule has 0 aliphatic heterocycles. The molecule has 1 amide bonds. The zero-order valence-corrected chi connectivity index (χ0v) is 14.3. The summed E-state index contributed by atoms with van der Waals surface area (Å²) in [6.45, 7) is 2.50. The van der Waals surface area contributed by atoms with Gasteiger partial charge in [0.2, 0.25) is 5.91 Å². The van der Waals surface area contributed by atoms with Crippen LogP contribution in [0.2, 0.25) is 0 Å². The van der Waals surface area contributed by atoms with Crippen LogP contribution >= 0.6 is 0 Å². The fraction of sp³-hybridized carbons (Fsp3) is 0.200. The van der Waals surface area contributed by atoms with Gasteiger partial charge in [0.25, 0.3) is 0 Å². The van der Waals surface area contributed by atoms with Gasteiger partial charge < -0.3 is 14.9 Å². The first-order chi connectivity index (χ1) is 12.1. The van der Waals surface area contributed by atoms with Gasteiger partial charge in [-0.1, -0.05) is 24.3 Å². The summed E-state index contributed by atoms with van der Waals surface area (Å²) in [5.41, 5.74) is 5.19. The number of carbonyl (C=O) groups excluding carboxylic acids is 1. The summed E-state index contributed by atoms with van der Waals surface area (Å²) in [6.07, 6.45) is 2.28. The Morgan fingerprint density at radius 1 is 1.24 bits per heavy atom. The number of rotatable bonds is 4. The van der Waals surface area contributed by atoms with E-state index in [1.807, 2.05) is 56.6 Å². The molecule has 0 fully saturated rings. The molecule has 5 heteroatoms. The van der Waals surface area contributed by atoms with Crippen molar-refractivity contribution in [1.29, 1.82) is 0 Å². The molecule has 2 aromatic carbocycles. The molecule has 2 N–H and O–H groups in total. The molecule has 0 bridgehead atoms. The van der Waals surface area contributed by atoms with Gasteiger partial charge in [-0.05, 0) is 36.2 Å². The second-order valence-electron chi connectivity index (χ2n) is 6.35. The highest BCUT2D eigenvalue weighted by Gasteiger charge is 2.09. The maximum Gasteiger partial charge on any atom is 0.224 e. The van der Waals surface area contributed by atoms with E-state index in [0.29, 0.717) is 13.0 Å². The minimum absolute atomic E-state index is 0.0158. The first-order valence-corrected chi connectivity index (χ1v) is 8.35. The van der Waals surface area contributed by atoms with Crippen LogP contribution in [0.4, 0.5) is 0 Å². The summed E-state index contributed by atoms with van der Waals surface area (Å²) < 4.78 is 2.06. The topological polar surface area (TPSA) is 62.7 Å². The molecule has 0 saturated carbocycles. The predicted molar refractivity (Wildman–Crippen MR) is 99.3 cm³/mol. The van der Waals surface area contributed by atoms with Gasteiger partial charge in [0.15, 0.2) is 0 Å². The summed E-state index contributed by atoms with van der Waals surface area (Å²) in [6, 6.07) is 14.1. The number of imidazole rings is 1. The van der Waals surface area contributed by atoms with Crippen molar-refractivity contribution in [2.45, 2.75) is 19.9 Å². The molecule has 0 saturated heterocycles. The maximum atomic E-state index is 12.3. The van der Waals surface area contributed by atoms with E-state index in [9.17, 15) is 4.79 Å². The van der Waals surface area contributed by atoms with Crippen molar-refractivity contribution in [2.24, 2.45) is 7.05 Å². The number of benzene rings is 2. The summed E-state index contributed by atoms with van der Waals surface area (Å²) in [7, 11) is 2.01. The van der Waals surface area contributed by atoms with Crippen molar-refractivity contribution in [3.8, 4) is 0 Å². The molecule has 4 rings (SSSR count). The third-order valence-corrected chi connectivity index (χ3v) is 4.68. The lowest BCUT2D eigenvalue weighted by molar-refractivity contribution is -0.120.